The summed E-state index contributed by atoms with van der Waals surface area (Å²) < 4.78 is 0. The Labute approximate surface area is 113 Å². The largest absolute Gasteiger partial charge is 0.366 e. The Morgan fingerprint density at radius 3 is 2.42 bits per heavy atom. The van der Waals surface area contributed by atoms with Crippen molar-refractivity contribution in [2.24, 2.45) is 5.73 Å². The molecule has 1 heterocycles. The van der Waals surface area contributed by atoms with Crippen molar-refractivity contribution in [2.75, 3.05) is 24.3 Å². The molecule has 5 heteroatoms. The van der Waals surface area contributed by atoms with Gasteiger partial charge in [-0.1, -0.05) is 24.3 Å². The number of rotatable bonds is 5. The summed E-state index contributed by atoms with van der Waals surface area (Å²) in [6, 6.07) is 10.1. The van der Waals surface area contributed by atoms with E-state index in [9.17, 15) is 0 Å². The Kier molecular flexibility index (Phi) is 4.30. The van der Waals surface area contributed by atoms with Crippen LogP contribution in [0.5, 0.6) is 0 Å². The highest BCUT2D eigenvalue weighted by Crippen LogP contribution is 2.10. The Morgan fingerprint density at radius 1 is 1.11 bits per heavy atom. The minimum Gasteiger partial charge on any atom is -0.366 e. The third-order valence-corrected chi connectivity index (χ3v) is 2.78. The number of nitrogens with two attached hydrogens (primary N) is 1. The van der Waals surface area contributed by atoms with Crippen LogP contribution in [-0.4, -0.2) is 24.1 Å². The predicted octanol–water partition coefficient (Wildman–Crippen LogP) is 1.61. The van der Waals surface area contributed by atoms with Gasteiger partial charge in [-0.3, -0.25) is 0 Å². The molecule has 0 saturated heterocycles. The van der Waals surface area contributed by atoms with Crippen LogP contribution in [0.1, 0.15) is 11.1 Å². The fraction of sp³-hybridized carbons (Fsp3) is 0.286. The normalized spacial score (nSPS) is 10.3. The Bertz CT molecular complexity index is 522. The zero-order chi connectivity index (χ0) is 13.7. The number of hydrogen-bond acceptors (Lipinski definition) is 5. The fourth-order valence-electron chi connectivity index (χ4n) is 1.65. The molecule has 2 rings (SSSR count). The summed E-state index contributed by atoms with van der Waals surface area (Å²) >= 11 is 0. The highest BCUT2D eigenvalue weighted by Gasteiger charge is 2.01. The number of hydrogen-bond donors (Lipinski definition) is 2. The molecular weight excluding hydrogens is 238 g/mol. The average molecular weight is 257 g/mol. The van der Waals surface area contributed by atoms with Crippen LogP contribution in [0.3, 0.4) is 0 Å². The van der Waals surface area contributed by atoms with Crippen molar-refractivity contribution in [1.82, 2.24) is 9.97 Å². The lowest BCUT2D eigenvalue weighted by Gasteiger charge is -2.11. The SMILES string of the molecule is CN(C)c1nccc(NCc2ccc(CN)cc2)n1. The summed E-state index contributed by atoms with van der Waals surface area (Å²) in [5, 5.41) is 3.28. The molecule has 5 nitrogen and oxygen atoms in total. The molecule has 0 unspecified atom stereocenters. The van der Waals surface area contributed by atoms with Crippen LogP contribution in [0.4, 0.5) is 11.8 Å². The number of aromatic nitrogens is 2. The Morgan fingerprint density at radius 2 is 1.79 bits per heavy atom. The van der Waals surface area contributed by atoms with Crippen LogP contribution in [-0.2, 0) is 13.1 Å². The molecule has 0 spiro atoms. The van der Waals surface area contributed by atoms with Crippen LogP contribution < -0.4 is 16.0 Å². The van der Waals surface area contributed by atoms with Crippen molar-refractivity contribution < 1.29 is 0 Å². The van der Waals surface area contributed by atoms with Gasteiger partial charge in [-0.25, -0.2) is 4.98 Å². The van der Waals surface area contributed by atoms with Gasteiger partial charge < -0.3 is 16.0 Å². The van der Waals surface area contributed by atoms with Gasteiger partial charge in [-0.15, -0.1) is 0 Å². The summed E-state index contributed by atoms with van der Waals surface area (Å²) in [4.78, 5) is 10.5. The lowest BCUT2D eigenvalue weighted by atomic mass is 10.1. The fourth-order valence-corrected chi connectivity index (χ4v) is 1.65. The molecule has 0 saturated carbocycles. The molecule has 2 aromatic rings. The maximum absolute atomic E-state index is 5.57. The number of anilines is 2. The quantitative estimate of drug-likeness (QED) is 0.852. The van der Waals surface area contributed by atoms with E-state index in [0.717, 1.165) is 17.9 Å². The molecule has 0 radical (unpaired) electrons. The highest BCUT2D eigenvalue weighted by molar-refractivity contribution is 5.41. The second-order valence-electron chi connectivity index (χ2n) is 4.51. The molecule has 100 valence electrons. The maximum Gasteiger partial charge on any atom is 0.226 e. The van der Waals surface area contributed by atoms with Gasteiger partial charge in [0.25, 0.3) is 0 Å². The number of benzene rings is 1. The van der Waals surface area contributed by atoms with Crippen molar-refractivity contribution in [1.29, 1.82) is 0 Å². The zero-order valence-corrected chi connectivity index (χ0v) is 11.3. The van der Waals surface area contributed by atoms with E-state index < -0.39 is 0 Å². The lowest BCUT2D eigenvalue weighted by molar-refractivity contribution is 0.986. The van der Waals surface area contributed by atoms with Gasteiger partial charge in [0.1, 0.15) is 5.82 Å². The zero-order valence-electron chi connectivity index (χ0n) is 11.3. The minimum absolute atomic E-state index is 0.575. The first-order chi connectivity index (χ1) is 9.19. The van der Waals surface area contributed by atoms with E-state index in [-0.39, 0.29) is 0 Å². The molecule has 0 aliphatic carbocycles. The highest BCUT2D eigenvalue weighted by atomic mass is 15.2. The molecule has 1 aromatic carbocycles. The van der Waals surface area contributed by atoms with Gasteiger partial charge >= 0.3 is 0 Å². The summed E-state index contributed by atoms with van der Waals surface area (Å²) in [5.74, 6) is 1.52. The molecule has 1 aromatic heterocycles. The summed E-state index contributed by atoms with van der Waals surface area (Å²) in [6.45, 7) is 1.31. The van der Waals surface area contributed by atoms with Gasteiger partial charge in [0.15, 0.2) is 0 Å². The topological polar surface area (TPSA) is 67.1 Å². The molecule has 0 aliphatic heterocycles. The number of nitrogens with one attached hydrogen (secondary N) is 1. The molecule has 0 bridgehead atoms. The van der Waals surface area contributed by atoms with E-state index in [4.69, 9.17) is 5.73 Å². The van der Waals surface area contributed by atoms with Gasteiger partial charge in [-0.05, 0) is 17.2 Å². The van der Waals surface area contributed by atoms with E-state index in [1.165, 1.54) is 5.56 Å². The molecule has 19 heavy (non-hydrogen) atoms. The second kappa shape index (κ2) is 6.15. The van der Waals surface area contributed by atoms with Crippen LogP contribution >= 0.6 is 0 Å². The summed E-state index contributed by atoms with van der Waals surface area (Å²) in [7, 11) is 3.84. The Hall–Kier alpha value is -2.14. The van der Waals surface area contributed by atoms with E-state index in [1.807, 2.05) is 37.2 Å². The summed E-state index contributed by atoms with van der Waals surface area (Å²) in [5.41, 5.74) is 7.91. The molecular formula is C14H19N5. The smallest absolute Gasteiger partial charge is 0.226 e. The number of nitrogens with zero attached hydrogens (tertiary/aromatic N) is 3. The molecule has 0 atom stereocenters. The lowest BCUT2D eigenvalue weighted by Crippen LogP contribution is -2.13. The van der Waals surface area contributed by atoms with Crippen molar-refractivity contribution in [2.45, 2.75) is 13.1 Å². The third-order valence-electron chi connectivity index (χ3n) is 2.78. The third kappa shape index (κ3) is 3.66. The maximum atomic E-state index is 5.57. The van der Waals surface area contributed by atoms with Crippen LogP contribution in [0.2, 0.25) is 0 Å². The first-order valence-corrected chi connectivity index (χ1v) is 6.21. The van der Waals surface area contributed by atoms with Gasteiger partial charge in [0.05, 0.1) is 0 Å². The van der Waals surface area contributed by atoms with Crippen molar-refractivity contribution in [3.63, 3.8) is 0 Å². The Balaban J connectivity index is 1.99. The van der Waals surface area contributed by atoms with E-state index >= 15 is 0 Å². The molecule has 0 fully saturated rings. The molecule has 0 aliphatic rings. The van der Waals surface area contributed by atoms with Crippen LogP contribution in [0.15, 0.2) is 36.5 Å². The van der Waals surface area contributed by atoms with Crippen LogP contribution in [0, 0.1) is 0 Å². The predicted molar refractivity (Wildman–Crippen MR) is 78.0 cm³/mol. The average Bonchev–Trinajstić information content (AvgIpc) is 2.46. The summed E-state index contributed by atoms with van der Waals surface area (Å²) in [6.07, 6.45) is 1.75. The standard InChI is InChI=1S/C14H19N5/c1-19(2)14-16-8-7-13(18-14)17-10-12-5-3-11(9-15)4-6-12/h3-8H,9-10,15H2,1-2H3,(H,16,17,18). The van der Waals surface area contributed by atoms with E-state index in [0.29, 0.717) is 12.5 Å². The molecule has 3 N–H and O–H groups in total. The monoisotopic (exact) mass is 257 g/mol. The first-order valence-electron chi connectivity index (χ1n) is 6.21. The first kappa shape index (κ1) is 13.3. The minimum atomic E-state index is 0.575. The van der Waals surface area contributed by atoms with E-state index in [2.05, 4.69) is 27.4 Å². The van der Waals surface area contributed by atoms with Gasteiger partial charge in [0, 0.05) is 33.4 Å². The van der Waals surface area contributed by atoms with Crippen molar-refractivity contribution in [3.8, 4) is 0 Å². The van der Waals surface area contributed by atoms with Gasteiger partial charge in [-0.2, -0.15) is 4.98 Å². The molecule has 0 amide bonds. The van der Waals surface area contributed by atoms with Crippen molar-refractivity contribution in [3.05, 3.63) is 47.7 Å². The van der Waals surface area contributed by atoms with Crippen LogP contribution in [0.25, 0.3) is 0 Å². The van der Waals surface area contributed by atoms with E-state index in [1.54, 1.807) is 6.20 Å². The van der Waals surface area contributed by atoms with Crippen molar-refractivity contribution >= 4 is 11.8 Å². The van der Waals surface area contributed by atoms with Gasteiger partial charge in [0.2, 0.25) is 5.95 Å². The second-order valence-corrected chi connectivity index (χ2v) is 4.51.